The van der Waals surface area contributed by atoms with E-state index in [4.69, 9.17) is 28.0 Å². The van der Waals surface area contributed by atoms with Crippen LogP contribution in [0.4, 0.5) is 8.78 Å². The zero-order chi connectivity index (χ0) is 50.3. The van der Waals surface area contributed by atoms with Gasteiger partial charge in [-0.05, 0) is 52.0 Å². The first-order valence-electron chi connectivity index (χ1n) is 21.0. The Morgan fingerprint density at radius 1 is 0.557 bits per heavy atom. The lowest BCUT2D eigenvalue weighted by Crippen LogP contribution is -2.24. The van der Waals surface area contributed by atoms with E-state index in [9.17, 15) is 25.6 Å². The zero-order valence-electron chi connectivity index (χ0n) is 38.9. The van der Waals surface area contributed by atoms with E-state index in [0.717, 1.165) is 24.8 Å². The lowest BCUT2D eigenvalue weighted by Gasteiger charge is -2.18. The van der Waals surface area contributed by atoms with Gasteiger partial charge in [0.25, 0.3) is 0 Å². The van der Waals surface area contributed by atoms with E-state index < -0.39 is 53.3 Å². The maximum atomic E-state index is 13.3. The second-order valence-electron chi connectivity index (χ2n) is 15.5. The van der Waals surface area contributed by atoms with Gasteiger partial charge in [-0.3, -0.25) is 9.13 Å². The number of aryl methyl sites for hydroxylation is 2. The molecule has 2 atom stereocenters. The largest absolute Gasteiger partial charge is 0.494 e. The van der Waals surface area contributed by atoms with Crippen molar-refractivity contribution in [2.75, 3.05) is 28.4 Å². The van der Waals surface area contributed by atoms with Gasteiger partial charge in [-0.1, -0.05) is 22.4 Å². The van der Waals surface area contributed by atoms with Gasteiger partial charge < -0.3 is 28.0 Å². The highest BCUT2D eigenvalue weighted by molar-refractivity contribution is 7.91. The van der Waals surface area contributed by atoms with Gasteiger partial charge in [0.1, 0.15) is 70.1 Å². The van der Waals surface area contributed by atoms with Gasteiger partial charge in [0.2, 0.25) is 0 Å². The number of hydrogen-bond donors (Lipinski definition) is 0. The van der Waals surface area contributed by atoms with Crippen LogP contribution in [0.1, 0.15) is 48.5 Å². The van der Waals surface area contributed by atoms with Gasteiger partial charge in [-0.15, -0.1) is 20.4 Å². The molecule has 368 valence electrons. The number of hydrogen-bond acceptors (Lipinski definition) is 20. The molecule has 0 N–H and O–H groups in total. The van der Waals surface area contributed by atoms with Crippen LogP contribution in [0, 0.1) is 25.5 Å². The highest BCUT2D eigenvalue weighted by Crippen LogP contribution is 2.39. The van der Waals surface area contributed by atoms with E-state index in [1.54, 1.807) is 59.4 Å². The molecule has 0 amide bonds. The number of para-hydroxylation sites is 2. The fraction of sp³-hybridized carbons (Fsp3) is 0.318. The number of benzene rings is 2. The van der Waals surface area contributed by atoms with Crippen molar-refractivity contribution in [3.63, 3.8) is 0 Å². The summed E-state index contributed by atoms with van der Waals surface area (Å²) in [4.78, 5) is 15.5. The van der Waals surface area contributed by atoms with Crippen LogP contribution in [-0.2, 0) is 44.0 Å². The molecule has 2 aromatic carbocycles. The summed E-state index contributed by atoms with van der Waals surface area (Å²) in [6.07, 6.45) is 6.83. The van der Waals surface area contributed by atoms with Crippen molar-refractivity contribution in [2.24, 2.45) is 0 Å². The molecule has 8 rings (SSSR count). The summed E-state index contributed by atoms with van der Waals surface area (Å²) in [5, 5.41) is 23.0. The standard InChI is InChI=1S/2C22H23FN6O5S/c2*1-13(8-19-24-9-15(23)10-25-19)35(30,31)12-20-26-27-22(16-11-34-28-14(16)2)29(20)21-17(32-3)6-5-7-18(21)33-4/h2*5-7,9-11,13H,8,12H2,1-4H3/t2*13-/m10/s1. The molecular weight excluding hydrogens is 959 g/mol. The lowest BCUT2D eigenvalue weighted by molar-refractivity contribution is 0.390. The number of methoxy groups -OCH3 is 4. The molecule has 0 radical (unpaired) electrons. The fourth-order valence-electron chi connectivity index (χ4n) is 7.06. The van der Waals surface area contributed by atoms with Crippen molar-refractivity contribution >= 4 is 19.7 Å². The van der Waals surface area contributed by atoms with Gasteiger partial charge in [0.15, 0.2) is 54.6 Å². The van der Waals surface area contributed by atoms with Crippen molar-refractivity contribution in [2.45, 2.75) is 62.5 Å². The average Bonchev–Trinajstić information content (AvgIpc) is 4.16. The van der Waals surface area contributed by atoms with Gasteiger partial charge in [-0.25, -0.2) is 45.6 Å². The van der Waals surface area contributed by atoms with E-state index in [1.807, 2.05) is 0 Å². The maximum absolute atomic E-state index is 13.3. The van der Waals surface area contributed by atoms with Crippen molar-refractivity contribution in [3.8, 4) is 57.1 Å². The monoisotopic (exact) mass is 1000 g/mol. The normalized spacial score (nSPS) is 12.5. The van der Waals surface area contributed by atoms with Gasteiger partial charge in [0, 0.05) is 12.8 Å². The van der Waals surface area contributed by atoms with Crippen LogP contribution >= 0.6 is 0 Å². The van der Waals surface area contributed by atoms with Gasteiger partial charge >= 0.3 is 0 Å². The molecule has 6 aromatic heterocycles. The predicted molar refractivity (Wildman–Crippen MR) is 245 cm³/mol. The highest BCUT2D eigenvalue weighted by atomic mass is 32.2. The molecule has 8 aromatic rings. The second kappa shape index (κ2) is 21.3. The Labute approximate surface area is 399 Å². The molecule has 0 bridgehead atoms. The third-order valence-electron chi connectivity index (χ3n) is 10.9. The first-order valence-corrected chi connectivity index (χ1v) is 24.4. The van der Waals surface area contributed by atoms with Crippen LogP contribution in [0.25, 0.3) is 34.2 Å². The molecule has 70 heavy (non-hydrogen) atoms. The average molecular weight is 1010 g/mol. The first kappa shape index (κ1) is 50.1. The summed E-state index contributed by atoms with van der Waals surface area (Å²) in [7, 11) is -1.57. The molecule has 0 aliphatic rings. The summed E-state index contributed by atoms with van der Waals surface area (Å²) >= 11 is 0. The Balaban J connectivity index is 0.000000206. The Kier molecular flexibility index (Phi) is 15.2. The molecule has 0 spiro atoms. The van der Waals surface area contributed by atoms with Crippen molar-refractivity contribution in [1.82, 2.24) is 59.8 Å². The lowest BCUT2D eigenvalue weighted by atomic mass is 10.2. The Morgan fingerprint density at radius 2 is 0.886 bits per heavy atom. The minimum Gasteiger partial charge on any atom is -0.494 e. The van der Waals surface area contributed by atoms with Crippen LogP contribution < -0.4 is 18.9 Å². The zero-order valence-corrected chi connectivity index (χ0v) is 40.6. The number of nitrogens with zero attached hydrogens (tertiary/aromatic N) is 12. The third kappa shape index (κ3) is 10.8. The van der Waals surface area contributed by atoms with E-state index >= 15 is 0 Å². The number of aromatic nitrogens is 12. The smallest absolute Gasteiger partial charge is 0.174 e. The molecule has 6 heterocycles. The van der Waals surface area contributed by atoms with Gasteiger partial charge in [-0.2, -0.15) is 0 Å². The Bertz CT molecular complexity index is 3050. The fourth-order valence-corrected chi connectivity index (χ4v) is 9.53. The van der Waals surface area contributed by atoms with Crippen LogP contribution in [-0.4, -0.2) is 116 Å². The molecule has 26 heteroatoms. The third-order valence-corrected chi connectivity index (χ3v) is 15.0. The number of rotatable bonds is 18. The van der Waals surface area contributed by atoms with Crippen LogP contribution in [0.5, 0.6) is 23.0 Å². The SMILES string of the molecule is COc1cccc(OC)c1-n1c(CS(=O)(=O)[C@@H](C)Cc2ncc(F)cn2)nnc1-c1conc1C.COc1cccc(OC)c1-n1c(CS(=O)(=O)[C@H](C)Cc2ncc(F)cn2)nnc1-c1conc1C. The van der Waals surface area contributed by atoms with E-state index in [0.29, 0.717) is 68.5 Å². The summed E-state index contributed by atoms with van der Waals surface area (Å²) < 4.78 is 115. The topological polar surface area (TPSA) is 270 Å². The van der Waals surface area contributed by atoms with E-state index in [2.05, 4.69) is 50.6 Å². The molecule has 0 aliphatic carbocycles. The summed E-state index contributed by atoms with van der Waals surface area (Å²) in [5.74, 6) is 0.922. The van der Waals surface area contributed by atoms with E-state index in [-0.39, 0.29) is 36.1 Å². The molecular formula is C44H46F2N12O10S2. The molecule has 0 aliphatic heterocycles. The molecule has 0 fully saturated rings. The minimum atomic E-state index is -3.77. The van der Waals surface area contributed by atoms with Crippen LogP contribution in [0.15, 0.2) is 82.8 Å². The Morgan fingerprint density at radius 3 is 1.17 bits per heavy atom. The van der Waals surface area contributed by atoms with Crippen molar-refractivity contribution in [3.05, 3.63) is 120 Å². The first-order chi connectivity index (χ1) is 33.5. The van der Waals surface area contributed by atoms with Crippen LogP contribution in [0.3, 0.4) is 0 Å². The predicted octanol–water partition coefficient (Wildman–Crippen LogP) is 5.45. The summed E-state index contributed by atoms with van der Waals surface area (Å²) in [6, 6.07) is 10.4. The second-order valence-corrected chi connectivity index (χ2v) is 20.3. The number of ether oxygens (including phenoxy) is 4. The molecule has 0 unspecified atom stereocenters. The van der Waals surface area contributed by atoms with Crippen molar-refractivity contribution in [1.29, 1.82) is 0 Å². The van der Waals surface area contributed by atoms with E-state index in [1.165, 1.54) is 54.8 Å². The molecule has 22 nitrogen and oxygen atoms in total. The molecule has 0 saturated heterocycles. The van der Waals surface area contributed by atoms with Crippen LogP contribution in [0.2, 0.25) is 0 Å². The van der Waals surface area contributed by atoms with Crippen molar-refractivity contribution < 1.29 is 53.6 Å². The number of halogens is 2. The summed E-state index contributed by atoms with van der Waals surface area (Å²) in [5.41, 5.74) is 3.01. The summed E-state index contributed by atoms with van der Waals surface area (Å²) in [6.45, 7) is 6.55. The highest BCUT2D eigenvalue weighted by Gasteiger charge is 2.32. The maximum Gasteiger partial charge on any atom is 0.174 e. The van der Waals surface area contributed by atoms with Gasteiger partial charge in [0.05, 0.1) is 86.2 Å². The Hall–Kier alpha value is -7.74. The minimum absolute atomic E-state index is 0.00630. The quantitative estimate of drug-likeness (QED) is 0.103. The molecule has 0 saturated carbocycles. The number of sulfone groups is 2.